The van der Waals surface area contributed by atoms with Crippen molar-refractivity contribution in [1.29, 1.82) is 0 Å². The van der Waals surface area contributed by atoms with Crippen LogP contribution < -0.4 is 16.0 Å². The minimum atomic E-state index is -6.54. The molecule has 686 valence electrons. The van der Waals surface area contributed by atoms with Crippen molar-refractivity contribution < 1.29 is 115 Å². The van der Waals surface area contributed by atoms with Gasteiger partial charge in [-0.15, -0.1) is 0 Å². The molecule has 0 spiro atoms. The predicted molar refractivity (Wildman–Crippen MR) is 446 cm³/mol. The van der Waals surface area contributed by atoms with Gasteiger partial charge in [0.15, 0.2) is 17.2 Å². The number of carbonyl (C=O) groups is 12. The molecule has 3 N–H and O–H groups in total. The quantitative estimate of drug-likeness (QED) is 0.0288. The Kier molecular flexibility index (Phi) is 25.2. The number of nitrogens with zero attached hydrogens (tertiary/aromatic N) is 6. The number of hydrogen-bond donors (Lipinski definition) is 3. The van der Waals surface area contributed by atoms with Crippen LogP contribution in [0.2, 0.25) is 0 Å². The van der Waals surface area contributed by atoms with Gasteiger partial charge in [-0.25, -0.2) is 32.4 Å². The monoisotopic (exact) mass is 1810 g/mol. The maximum Gasteiger partial charge on any atom is 0.481 e. The number of alkyl halides is 6. The van der Waals surface area contributed by atoms with Crippen molar-refractivity contribution in [2.45, 2.75) is 255 Å². The molecule has 3 atom stereocenters. The van der Waals surface area contributed by atoms with E-state index < -0.39 is 237 Å². The molecule has 12 amide bonds. The van der Waals surface area contributed by atoms with Crippen LogP contribution in [0.5, 0.6) is 0 Å². The van der Waals surface area contributed by atoms with E-state index >= 15 is 74.1 Å². The number of amides is 12. The fraction of sp³-hybridized carbons (Fsp3) is 0.484. The maximum absolute atomic E-state index is 19.1. The molecule has 12 rings (SSSR count). The highest BCUT2D eigenvalue weighted by Crippen LogP contribution is 2.72. The first-order valence-corrected chi connectivity index (χ1v) is 43.4. The van der Waals surface area contributed by atoms with Crippen molar-refractivity contribution >= 4 is 78.7 Å². The number of likely N-dealkylation sites (tertiary alicyclic amines) is 3. The summed E-state index contributed by atoms with van der Waals surface area (Å²) in [6, 6.07) is 17.0. The molecule has 6 heterocycles. The first-order valence-electron chi connectivity index (χ1n) is 41.9. The molecular formula is C93H105F9N9O16P. The summed E-state index contributed by atoms with van der Waals surface area (Å²) >= 11 is 0. The lowest BCUT2D eigenvalue weighted by molar-refractivity contribution is -0.277. The minimum Gasteiger partial charge on any atom is -0.346 e. The molecule has 3 fully saturated rings. The highest BCUT2D eigenvalue weighted by atomic mass is 31.2. The molecule has 128 heavy (non-hydrogen) atoms. The maximum atomic E-state index is 19.1. The average Bonchev–Trinajstić information content (AvgIpc) is 0.898. The zero-order chi connectivity index (χ0) is 94.9. The number of benzene rings is 6. The molecule has 35 heteroatoms. The summed E-state index contributed by atoms with van der Waals surface area (Å²) in [6.07, 6.45) is -2.72. The molecule has 3 saturated heterocycles. The van der Waals surface area contributed by atoms with Gasteiger partial charge in [0.1, 0.15) is 35.6 Å². The fourth-order valence-electron chi connectivity index (χ4n) is 19.6. The molecule has 3 unspecified atom stereocenters. The molecule has 0 saturated carbocycles. The summed E-state index contributed by atoms with van der Waals surface area (Å²) in [4.78, 5) is 188. The van der Waals surface area contributed by atoms with E-state index in [2.05, 4.69) is 16.0 Å². The highest BCUT2D eigenvalue weighted by Gasteiger charge is 2.74. The molecule has 6 aromatic rings. The molecule has 0 aromatic heterocycles. The SMILES string of the molecule is CC(C)(C)C(OP(=O)(OC(N1C(=O)CCC(N2Cc3cc(CNC(=O)C(F)(F)c4ccc(F)cc4)ccc3C2=O)C1=O)(C(C)(C)C)C(C)(C)C)OC(N1C(=O)CCC(N2Cc3cc(CNC(=O)C(F)(F)c4ccc(F)cc4)ccc3C2=O)C1=O)(C(C)(C)C)C(C)(C)C)(N1C(=O)CCC(N2Cc3cc(CNC(=O)C(F)(F)c4ccc(F)cc4)ccc3C2=O)C1=O)C(C)(C)C. The topological polar surface area (TPSA) is 305 Å². The standard InChI is InChI=1S/C93H105F9N9O16P/c1-82(2,3)91(83(4,5)6,109-70(112)40-37-67(76(109)118)106-49-55-43-52(19-34-64(55)73(106)115)46-103-79(121)88(97,98)58-22-28-61(94)29-23-58)125-128(124,126-92(84(7,8)9,85(10,11)12)110-71(113)41-38-68(77(110)119)107-50-56-44-53(20-35-65(56)74(107)116)47-104-80(122)89(99,100)59-24-30-62(95)31-25-59)127-93(86(13,14)15,87(16,17)18)111-72(114)42-39-69(78(111)120)108-51-57-45-54(21-36-66(57)75(108)117)48-105-81(123)90(101,102)60-26-32-63(96)33-27-60/h19-36,43-45,67-69H,37-42,46-51H2,1-18H3,(H,103,121)(H,104,122)(H,105,123). The number of carbonyl (C=O) groups excluding carboxylic acids is 12. The Morgan fingerprint density at radius 1 is 0.344 bits per heavy atom. The Morgan fingerprint density at radius 2 is 0.555 bits per heavy atom. The number of piperidine rings is 3. The van der Waals surface area contributed by atoms with Gasteiger partial charge in [-0.05, 0) is 144 Å². The van der Waals surface area contributed by atoms with Gasteiger partial charge >= 0.3 is 25.6 Å². The van der Waals surface area contributed by atoms with Crippen LogP contribution in [0.3, 0.4) is 0 Å². The van der Waals surface area contributed by atoms with E-state index in [1.165, 1.54) is 194 Å². The van der Waals surface area contributed by atoms with E-state index in [0.29, 0.717) is 0 Å². The first-order chi connectivity index (χ1) is 59.0. The number of fused-ring (bicyclic) bond motifs is 3. The number of hydrogen-bond acceptors (Lipinski definition) is 16. The van der Waals surface area contributed by atoms with Crippen molar-refractivity contribution in [2.24, 2.45) is 32.5 Å². The minimum absolute atomic E-state index is 0.0366. The van der Waals surface area contributed by atoms with Crippen molar-refractivity contribution in [1.82, 2.24) is 45.3 Å². The van der Waals surface area contributed by atoms with Crippen LogP contribution in [0.1, 0.15) is 244 Å². The van der Waals surface area contributed by atoms with E-state index in [1.807, 2.05) is 0 Å². The Labute approximate surface area is 735 Å². The highest BCUT2D eigenvalue weighted by molar-refractivity contribution is 7.48. The zero-order valence-electron chi connectivity index (χ0n) is 74.4. The Bertz CT molecular complexity index is 5000. The van der Waals surface area contributed by atoms with E-state index in [-0.39, 0.29) is 89.0 Å². The molecule has 6 aliphatic rings. The van der Waals surface area contributed by atoms with Gasteiger partial charge in [-0.3, -0.25) is 71.1 Å². The fourth-order valence-corrected chi connectivity index (χ4v) is 22.5. The summed E-state index contributed by atoms with van der Waals surface area (Å²) in [5, 5.41) is 6.55. The van der Waals surface area contributed by atoms with Crippen LogP contribution in [-0.2, 0) is 118 Å². The van der Waals surface area contributed by atoms with Gasteiger partial charge in [-0.1, -0.05) is 161 Å². The third-order valence-electron chi connectivity index (χ3n) is 24.9. The van der Waals surface area contributed by atoms with Gasteiger partial charge < -0.3 is 30.7 Å². The van der Waals surface area contributed by atoms with Crippen LogP contribution in [0.4, 0.5) is 39.5 Å². The number of nitrogens with one attached hydrogen (secondary N) is 3. The Morgan fingerprint density at radius 3 is 0.758 bits per heavy atom. The van der Waals surface area contributed by atoms with Gasteiger partial charge in [0.25, 0.3) is 53.2 Å². The Hall–Kier alpha value is -11.0. The van der Waals surface area contributed by atoms with Crippen molar-refractivity contribution in [2.75, 3.05) is 0 Å². The summed E-state index contributed by atoms with van der Waals surface area (Å²) in [7, 11) is -6.54. The van der Waals surface area contributed by atoms with Crippen molar-refractivity contribution in [3.8, 4) is 0 Å². The largest absolute Gasteiger partial charge is 0.481 e. The van der Waals surface area contributed by atoms with E-state index in [4.69, 9.17) is 13.6 Å². The van der Waals surface area contributed by atoms with E-state index in [9.17, 15) is 27.6 Å². The lowest BCUT2D eigenvalue weighted by atomic mass is 9.66. The number of imide groups is 3. The third-order valence-corrected chi connectivity index (χ3v) is 26.4. The van der Waals surface area contributed by atoms with Crippen LogP contribution in [0.15, 0.2) is 127 Å². The van der Waals surface area contributed by atoms with Crippen molar-refractivity contribution in [3.63, 3.8) is 0 Å². The number of phosphoric ester groups is 1. The van der Waals surface area contributed by atoms with Gasteiger partial charge in [0.05, 0.1) is 0 Å². The van der Waals surface area contributed by atoms with Gasteiger partial charge in [-0.2, -0.15) is 26.3 Å². The second-order valence-electron chi connectivity index (χ2n) is 39.6. The molecule has 25 nitrogen and oxygen atoms in total. The molecule has 0 aliphatic carbocycles. The van der Waals surface area contributed by atoms with Crippen LogP contribution in [-0.4, -0.2) is 136 Å². The van der Waals surface area contributed by atoms with Gasteiger partial charge in [0, 0.05) is 124 Å². The van der Waals surface area contributed by atoms with Gasteiger partial charge in [0.2, 0.25) is 17.7 Å². The van der Waals surface area contributed by atoms with Crippen LogP contribution in [0, 0.1) is 49.9 Å². The molecular weight excluding hydrogens is 1700 g/mol. The second kappa shape index (κ2) is 33.5. The Balaban J connectivity index is 0.957. The third kappa shape index (κ3) is 16.8. The summed E-state index contributed by atoms with van der Waals surface area (Å²) in [6.45, 7) is 24.7. The van der Waals surface area contributed by atoms with E-state index in [1.54, 1.807) is 0 Å². The van der Waals surface area contributed by atoms with Crippen LogP contribution in [0.25, 0.3) is 0 Å². The lowest BCUT2D eigenvalue weighted by Gasteiger charge is -2.63. The second-order valence-corrected chi connectivity index (χ2v) is 41.0. The molecule has 0 bridgehead atoms. The lowest BCUT2D eigenvalue weighted by Crippen LogP contribution is -2.75. The number of halogens is 9. The molecule has 0 radical (unpaired) electrons. The zero-order valence-corrected chi connectivity index (χ0v) is 75.3. The summed E-state index contributed by atoms with van der Waals surface area (Å²) in [5.74, 6) is -28.6. The number of phosphoric acid groups is 1. The normalized spacial score (nSPS) is 19.1. The predicted octanol–water partition coefficient (Wildman–Crippen LogP) is 15.7. The molecule has 6 aromatic carbocycles. The summed E-state index contributed by atoms with van der Waals surface area (Å²) < 4.78 is 176. The molecule has 6 aliphatic heterocycles. The van der Waals surface area contributed by atoms with Crippen LogP contribution >= 0.6 is 7.82 Å². The average molecular weight is 1810 g/mol. The number of rotatable bonds is 24. The first kappa shape index (κ1) is 96.1. The van der Waals surface area contributed by atoms with E-state index in [0.717, 1.165) is 87.5 Å². The summed E-state index contributed by atoms with van der Waals surface area (Å²) in [5.41, 5.74) is -20.1. The smallest absolute Gasteiger partial charge is 0.346 e. The van der Waals surface area contributed by atoms with Crippen molar-refractivity contribution in [3.05, 3.63) is 212 Å².